The number of ether oxygens (including phenoxy) is 3. The van der Waals surface area contributed by atoms with E-state index < -0.39 is 0 Å². The van der Waals surface area contributed by atoms with Crippen molar-refractivity contribution in [2.45, 2.75) is 24.9 Å². The van der Waals surface area contributed by atoms with Gasteiger partial charge in [0.25, 0.3) is 0 Å². The van der Waals surface area contributed by atoms with Gasteiger partial charge in [-0.15, -0.1) is 0 Å². The lowest BCUT2D eigenvalue weighted by Gasteiger charge is -2.30. The highest BCUT2D eigenvalue weighted by Gasteiger charge is 2.33. The first kappa shape index (κ1) is 14.9. The molecule has 1 saturated carbocycles. The Kier molecular flexibility index (Phi) is 7.72. The van der Waals surface area contributed by atoms with E-state index in [2.05, 4.69) is 4.90 Å². The van der Waals surface area contributed by atoms with Crippen LogP contribution in [-0.2, 0) is 14.2 Å². The van der Waals surface area contributed by atoms with Gasteiger partial charge < -0.3 is 19.9 Å². The van der Waals surface area contributed by atoms with Crippen LogP contribution in [0, 0.1) is 0 Å². The molecule has 0 aromatic carbocycles. The summed E-state index contributed by atoms with van der Waals surface area (Å²) in [6.07, 6.45) is 2.55. The second-order valence-corrected chi connectivity index (χ2v) is 4.42. The van der Waals surface area contributed by atoms with Crippen LogP contribution in [0.3, 0.4) is 0 Å². The zero-order chi connectivity index (χ0) is 12.5. The molecular formula is C12H26N2O3. The number of methoxy groups -OCH3 is 2. The van der Waals surface area contributed by atoms with Crippen molar-refractivity contribution in [1.82, 2.24) is 4.90 Å². The number of hydrogen-bond donors (Lipinski definition) is 1. The molecule has 5 heteroatoms. The van der Waals surface area contributed by atoms with E-state index in [1.807, 2.05) is 0 Å². The number of nitrogens with zero attached hydrogens (tertiary/aromatic N) is 1. The van der Waals surface area contributed by atoms with Crippen LogP contribution in [0.15, 0.2) is 0 Å². The Balaban J connectivity index is 2.27. The Labute approximate surface area is 104 Å². The molecule has 102 valence electrons. The third kappa shape index (κ3) is 5.79. The maximum atomic E-state index is 5.83. The number of hydrogen-bond acceptors (Lipinski definition) is 5. The Bertz CT molecular complexity index is 189. The van der Waals surface area contributed by atoms with Crippen LogP contribution >= 0.6 is 0 Å². The Morgan fingerprint density at radius 1 is 1.18 bits per heavy atom. The molecule has 0 heterocycles. The highest BCUT2D eigenvalue weighted by atomic mass is 16.5. The van der Waals surface area contributed by atoms with Crippen LogP contribution in [0.2, 0.25) is 0 Å². The third-order valence-corrected chi connectivity index (χ3v) is 3.05. The minimum Gasteiger partial charge on any atom is -0.383 e. The van der Waals surface area contributed by atoms with Crippen molar-refractivity contribution in [2.75, 3.05) is 53.7 Å². The lowest BCUT2D eigenvalue weighted by Crippen LogP contribution is -2.46. The SMILES string of the molecule is COCCOCC(CN)N(CCOC)C1CC1. The lowest BCUT2D eigenvalue weighted by atomic mass is 10.2. The molecule has 1 aliphatic carbocycles. The molecule has 1 fully saturated rings. The van der Waals surface area contributed by atoms with Crippen LogP contribution in [0.4, 0.5) is 0 Å². The second kappa shape index (κ2) is 8.83. The van der Waals surface area contributed by atoms with E-state index in [1.54, 1.807) is 14.2 Å². The topological polar surface area (TPSA) is 57.0 Å². The normalized spacial score (nSPS) is 17.6. The predicted octanol–water partition coefficient (Wildman–Crippen LogP) is 0.0875. The largest absolute Gasteiger partial charge is 0.383 e. The fourth-order valence-corrected chi connectivity index (χ4v) is 1.93. The predicted molar refractivity (Wildman–Crippen MR) is 67.1 cm³/mol. The van der Waals surface area contributed by atoms with E-state index in [0.29, 0.717) is 38.4 Å². The van der Waals surface area contributed by atoms with Gasteiger partial charge in [-0.05, 0) is 12.8 Å². The highest BCUT2D eigenvalue weighted by molar-refractivity contribution is 4.89. The molecule has 1 atom stereocenters. The molecule has 0 radical (unpaired) electrons. The van der Waals surface area contributed by atoms with E-state index in [1.165, 1.54) is 12.8 Å². The van der Waals surface area contributed by atoms with Gasteiger partial charge in [-0.1, -0.05) is 0 Å². The molecule has 1 rings (SSSR count). The quantitative estimate of drug-likeness (QED) is 0.524. The fraction of sp³-hybridized carbons (Fsp3) is 1.00. The summed E-state index contributed by atoms with van der Waals surface area (Å²) in [6.45, 7) is 4.28. The molecule has 5 nitrogen and oxygen atoms in total. The summed E-state index contributed by atoms with van der Waals surface area (Å²) in [6, 6.07) is 0.985. The van der Waals surface area contributed by atoms with E-state index >= 15 is 0 Å². The van der Waals surface area contributed by atoms with Gasteiger partial charge in [0.05, 0.1) is 26.4 Å². The summed E-state index contributed by atoms with van der Waals surface area (Å²) in [7, 11) is 3.41. The van der Waals surface area contributed by atoms with Crippen molar-refractivity contribution in [1.29, 1.82) is 0 Å². The van der Waals surface area contributed by atoms with Crippen LogP contribution in [0.25, 0.3) is 0 Å². The first-order chi connectivity index (χ1) is 8.33. The lowest BCUT2D eigenvalue weighted by molar-refractivity contribution is 0.0223. The molecule has 0 aromatic rings. The Morgan fingerprint density at radius 3 is 2.41 bits per heavy atom. The molecule has 1 aliphatic rings. The number of rotatable bonds is 11. The standard InChI is InChI=1S/C12H26N2O3/c1-15-6-5-14(11-3-4-11)12(9-13)10-17-8-7-16-2/h11-12H,3-10,13H2,1-2H3. The van der Waals surface area contributed by atoms with Gasteiger partial charge in [0.2, 0.25) is 0 Å². The third-order valence-electron chi connectivity index (χ3n) is 3.05. The first-order valence-electron chi connectivity index (χ1n) is 6.35. The fourth-order valence-electron chi connectivity index (χ4n) is 1.93. The van der Waals surface area contributed by atoms with Crippen LogP contribution in [0.1, 0.15) is 12.8 Å². The van der Waals surface area contributed by atoms with Crippen molar-refractivity contribution in [2.24, 2.45) is 5.73 Å². The minimum absolute atomic E-state index is 0.300. The summed E-state index contributed by atoms with van der Waals surface area (Å²) in [5.74, 6) is 0. The minimum atomic E-state index is 0.300. The maximum Gasteiger partial charge on any atom is 0.0701 e. The number of nitrogens with two attached hydrogens (primary N) is 1. The molecule has 0 saturated heterocycles. The van der Waals surface area contributed by atoms with Gasteiger partial charge in [-0.2, -0.15) is 0 Å². The van der Waals surface area contributed by atoms with Crippen molar-refractivity contribution in [3.63, 3.8) is 0 Å². The summed E-state index contributed by atoms with van der Waals surface area (Å²) < 4.78 is 15.7. The molecule has 0 aliphatic heterocycles. The summed E-state index contributed by atoms with van der Waals surface area (Å²) >= 11 is 0. The van der Waals surface area contributed by atoms with Gasteiger partial charge in [-0.3, -0.25) is 4.90 Å². The zero-order valence-corrected chi connectivity index (χ0v) is 11.1. The van der Waals surface area contributed by atoms with Gasteiger partial charge in [0.15, 0.2) is 0 Å². The molecule has 17 heavy (non-hydrogen) atoms. The maximum absolute atomic E-state index is 5.83. The summed E-state index contributed by atoms with van der Waals surface area (Å²) in [5, 5.41) is 0. The second-order valence-electron chi connectivity index (χ2n) is 4.42. The Morgan fingerprint density at radius 2 is 1.88 bits per heavy atom. The van der Waals surface area contributed by atoms with Crippen molar-refractivity contribution in [3.05, 3.63) is 0 Å². The summed E-state index contributed by atoms with van der Waals surface area (Å²) in [4.78, 5) is 2.43. The van der Waals surface area contributed by atoms with Crippen molar-refractivity contribution >= 4 is 0 Å². The smallest absolute Gasteiger partial charge is 0.0701 e. The van der Waals surface area contributed by atoms with Crippen LogP contribution in [-0.4, -0.2) is 70.7 Å². The Hall–Kier alpha value is -0.200. The monoisotopic (exact) mass is 246 g/mol. The zero-order valence-electron chi connectivity index (χ0n) is 11.1. The first-order valence-corrected chi connectivity index (χ1v) is 6.35. The van der Waals surface area contributed by atoms with E-state index in [0.717, 1.165) is 13.2 Å². The molecular weight excluding hydrogens is 220 g/mol. The van der Waals surface area contributed by atoms with Gasteiger partial charge in [0.1, 0.15) is 0 Å². The van der Waals surface area contributed by atoms with Crippen molar-refractivity contribution < 1.29 is 14.2 Å². The van der Waals surface area contributed by atoms with E-state index in [4.69, 9.17) is 19.9 Å². The van der Waals surface area contributed by atoms with E-state index in [9.17, 15) is 0 Å². The molecule has 0 amide bonds. The average molecular weight is 246 g/mol. The summed E-state index contributed by atoms with van der Waals surface area (Å²) in [5.41, 5.74) is 5.83. The molecule has 0 spiro atoms. The molecule has 2 N–H and O–H groups in total. The molecule has 1 unspecified atom stereocenters. The van der Waals surface area contributed by atoms with Gasteiger partial charge in [0, 0.05) is 39.4 Å². The highest BCUT2D eigenvalue weighted by Crippen LogP contribution is 2.28. The molecule has 0 aromatic heterocycles. The molecule has 0 bridgehead atoms. The van der Waals surface area contributed by atoms with Crippen LogP contribution in [0.5, 0.6) is 0 Å². The van der Waals surface area contributed by atoms with Gasteiger partial charge >= 0.3 is 0 Å². The van der Waals surface area contributed by atoms with Crippen molar-refractivity contribution in [3.8, 4) is 0 Å². The van der Waals surface area contributed by atoms with Gasteiger partial charge in [-0.25, -0.2) is 0 Å². The van der Waals surface area contributed by atoms with Crippen LogP contribution < -0.4 is 5.73 Å². The average Bonchev–Trinajstić information content (AvgIpc) is 3.16. The van der Waals surface area contributed by atoms with E-state index in [-0.39, 0.29) is 0 Å².